The standard InChI is InChI=1S/C19H28ClNS/c1-5-6-15(2)14-21-17(4)7-8-18-11-16(3)12-19(13-18)22-10-9-20/h11-13,21H,2,4-10,14H2,1,3H3. The molecule has 3 heteroatoms. The van der Waals surface area contributed by atoms with Crippen molar-refractivity contribution in [1.82, 2.24) is 5.32 Å². The third-order valence-electron chi connectivity index (χ3n) is 3.36. The SMILES string of the molecule is C=C(CCC)CNC(=C)CCc1cc(C)cc(SCCCl)c1. The first-order chi connectivity index (χ1) is 10.5. The van der Waals surface area contributed by atoms with E-state index in [0.29, 0.717) is 5.88 Å². The Morgan fingerprint density at radius 1 is 1.23 bits per heavy atom. The van der Waals surface area contributed by atoms with Gasteiger partial charge < -0.3 is 5.32 Å². The maximum absolute atomic E-state index is 5.77. The number of rotatable bonds is 11. The van der Waals surface area contributed by atoms with Gasteiger partial charge in [-0.2, -0.15) is 0 Å². The van der Waals surface area contributed by atoms with Gasteiger partial charge in [-0.3, -0.25) is 0 Å². The summed E-state index contributed by atoms with van der Waals surface area (Å²) in [6.07, 6.45) is 4.21. The number of halogens is 1. The molecule has 0 amide bonds. The molecular formula is C19H28ClNS. The molecule has 0 aliphatic carbocycles. The number of nitrogens with one attached hydrogen (secondary N) is 1. The molecule has 22 heavy (non-hydrogen) atoms. The first-order valence-corrected chi connectivity index (χ1v) is 9.44. The van der Waals surface area contributed by atoms with Gasteiger partial charge in [0, 0.05) is 28.8 Å². The number of benzene rings is 1. The minimum Gasteiger partial charge on any atom is -0.385 e. The highest BCUT2D eigenvalue weighted by atomic mass is 35.5. The third kappa shape index (κ3) is 7.95. The average Bonchev–Trinajstić information content (AvgIpc) is 2.48. The molecule has 1 rings (SSSR count). The lowest BCUT2D eigenvalue weighted by Crippen LogP contribution is -2.16. The van der Waals surface area contributed by atoms with Gasteiger partial charge in [-0.05, 0) is 49.4 Å². The van der Waals surface area contributed by atoms with E-state index in [1.54, 1.807) is 0 Å². The van der Waals surface area contributed by atoms with E-state index in [1.165, 1.54) is 21.6 Å². The second kappa shape index (κ2) is 10.8. The topological polar surface area (TPSA) is 12.0 Å². The Balaban J connectivity index is 2.44. The van der Waals surface area contributed by atoms with Gasteiger partial charge in [0.25, 0.3) is 0 Å². The van der Waals surface area contributed by atoms with Crippen LogP contribution < -0.4 is 5.32 Å². The molecule has 0 aromatic heterocycles. The zero-order valence-electron chi connectivity index (χ0n) is 13.9. The van der Waals surface area contributed by atoms with Crippen LogP contribution in [0.1, 0.15) is 37.3 Å². The highest BCUT2D eigenvalue weighted by Crippen LogP contribution is 2.22. The van der Waals surface area contributed by atoms with Crippen molar-refractivity contribution in [1.29, 1.82) is 0 Å². The Labute approximate surface area is 145 Å². The van der Waals surface area contributed by atoms with Crippen LogP contribution in [0.4, 0.5) is 0 Å². The predicted molar refractivity (Wildman–Crippen MR) is 102 cm³/mol. The molecule has 0 saturated heterocycles. The van der Waals surface area contributed by atoms with Crippen molar-refractivity contribution >= 4 is 23.4 Å². The van der Waals surface area contributed by atoms with Crippen molar-refractivity contribution in [3.8, 4) is 0 Å². The Morgan fingerprint density at radius 3 is 2.68 bits per heavy atom. The number of hydrogen-bond acceptors (Lipinski definition) is 2. The molecule has 1 nitrogen and oxygen atoms in total. The summed E-state index contributed by atoms with van der Waals surface area (Å²) in [6, 6.07) is 6.75. The highest BCUT2D eigenvalue weighted by molar-refractivity contribution is 7.99. The Morgan fingerprint density at radius 2 is 2.00 bits per heavy atom. The van der Waals surface area contributed by atoms with Gasteiger partial charge in [0.2, 0.25) is 0 Å². The zero-order chi connectivity index (χ0) is 16.4. The second-order valence-electron chi connectivity index (χ2n) is 5.65. The lowest BCUT2D eigenvalue weighted by Gasteiger charge is -2.12. The lowest BCUT2D eigenvalue weighted by molar-refractivity contribution is 0.757. The smallest absolute Gasteiger partial charge is 0.0354 e. The molecule has 1 aromatic carbocycles. The molecule has 0 aliphatic heterocycles. The first kappa shape index (κ1) is 19.2. The van der Waals surface area contributed by atoms with Crippen LogP contribution in [0.25, 0.3) is 0 Å². The minimum absolute atomic E-state index is 0.691. The largest absolute Gasteiger partial charge is 0.385 e. The van der Waals surface area contributed by atoms with E-state index in [1.807, 2.05) is 11.8 Å². The van der Waals surface area contributed by atoms with Gasteiger partial charge >= 0.3 is 0 Å². The fourth-order valence-corrected chi connectivity index (χ4v) is 3.33. The second-order valence-corrected chi connectivity index (χ2v) is 7.20. The van der Waals surface area contributed by atoms with E-state index in [-0.39, 0.29) is 0 Å². The van der Waals surface area contributed by atoms with Crippen LogP contribution in [-0.4, -0.2) is 18.2 Å². The van der Waals surface area contributed by atoms with Crippen molar-refractivity contribution in [2.45, 2.75) is 44.4 Å². The maximum atomic E-state index is 5.77. The van der Waals surface area contributed by atoms with Crippen molar-refractivity contribution in [3.63, 3.8) is 0 Å². The van der Waals surface area contributed by atoms with E-state index >= 15 is 0 Å². The summed E-state index contributed by atoms with van der Waals surface area (Å²) in [5, 5.41) is 3.38. The molecule has 1 N–H and O–H groups in total. The van der Waals surface area contributed by atoms with Crippen LogP contribution in [0.3, 0.4) is 0 Å². The Bertz CT molecular complexity index is 496. The van der Waals surface area contributed by atoms with Crippen LogP contribution >= 0.6 is 23.4 Å². The number of aryl methyl sites for hydroxylation is 2. The van der Waals surface area contributed by atoms with E-state index in [9.17, 15) is 0 Å². The van der Waals surface area contributed by atoms with Crippen LogP contribution in [0.2, 0.25) is 0 Å². The molecular weight excluding hydrogens is 310 g/mol. The molecule has 0 atom stereocenters. The Hall–Kier alpha value is -0.860. The van der Waals surface area contributed by atoms with Gasteiger partial charge in [0.05, 0.1) is 0 Å². The number of alkyl halides is 1. The summed E-state index contributed by atoms with van der Waals surface area (Å²) in [5.74, 6) is 1.65. The molecule has 1 aromatic rings. The van der Waals surface area contributed by atoms with E-state index < -0.39 is 0 Å². The van der Waals surface area contributed by atoms with Crippen LogP contribution in [0.15, 0.2) is 47.5 Å². The molecule has 0 fully saturated rings. The van der Waals surface area contributed by atoms with E-state index in [4.69, 9.17) is 11.6 Å². The average molecular weight is 338 g/mol. The summed E-state index contributed by atoms with van der Waals surface area (Å²) >= 11 is 7.59. The third-order valence-corrected chi connectivity index (χ3v) is 4.75. The monoisotopic (exact) mass is 337 g/mol. The minimum atomic E-state index is 0.691. The molecule has 0 heterocycles. The summed E-state index contributed by atoms with van der Waals surface area (Å²) in [4.78, 5) is 1.31. The quantitative estimate of drug-likeness (QED) is 0.315. The van der Waals surface area contributed by atoms with Crippen molar-refractivity contribution < 1.29 is 0 Å². The van der Waals surface area contributed by atoms with Crippen molar-refractivity contribution in [2.75, 3.05) is 18.2 Å². The molecule has 0 aliphatic rings. The fraction of sp³-hybridized carbons (Fsp3) is 0.474. The van der Waals surface area contributed by atoms with Crippen LogP contribution in [0.5, 0.6) is 0 Å². The number of allylic oxidation sites excluding steroid dienone is 1. The zero-order valence-corrected chi connectivity index (χ0v) is 15.5. The summed E-state index contributed by atoms with van der Waals surface area (Å²) < 4.78 is 0. The van der Waals surface area contributed by atoms with Crippen LogP contribution in [0, 0.1) is 6.92 Å². The van der Waals surface area contributed by atoms with Gasteiger partial charge in [0.1, 0.15) is 0 Å². The van der Waals surface area contributed by atoms with Crippen LogP contribution in [-0.2, 0) is 6.42 Å². The van der Waals surface area contributed by atoms with Gasteiger partial charge in [-0.15, -0.1) is 23.4 Å². The van der Waals surface area contributed by atoms with Crippen molar-refractivity contribution in [3.05, 3.63) is 53.8 Å². The fourth-order valence-electron chi connectivity index (χ4n) is 2.28. The molecule has 0 saturated carbocycles. The molecule has 122 valence electrons. The van der Waals surface area contributed by atoms with Gasteiger partial charge in [-0.1, -0.05) is 38.1 Å². The predicted octanol–water partition coefficient (Wildman–Crippen LogP) is 5.72. The first-order valence-electron chi connectivity index (χ1n) is 7.92. The normalized spacial score (nSPS) is 10.5. The molecule has 0 spiro atoms. The van der Waals surface area contributed by atoms with E-state index in [2.05, 4.69) is 50.5 Å². The maximum Gasteiger partial charge on any atom is 0.0354 e. The number of hydrogen-bond donors (Lipinski definition) is 1. The Kier molecular flexibility index (Phi) is 9.42. The van der Waals surface area contributed by atoms with E-state index in [0.717, 1.165) is 43.7 Å². The van der Waals surface area contributed by atoms with Gasteiger partial charge in [0.15, 0.2) is 0 Å². The summed E-state index contributed by atoms with van der Waals surface area (Å²) in [5.41, 5.74) is 5.02. The summed E-state index contributed by atoms with van der Waals surface area (Å²) in [6.45, 7) is 13.4. The molecule has 0 unspecified atom stereocenters. The van der Waals surface area contributed by atoms with Crippen molar-refractivity contribution in [2.24, 2.45) is 0 Å². The molecule has 0 radical (unpaired) electrons. The highest BCUT2D eigenvalue weighted by Gasteiger charge is 2.02. The lowest BCUT2D eigenvalue weighted by atomic mass is 10.1. The molecule has 0 bridgehead atoms. The number of thioether (sulfide) groups is 1. The van der Waals surface area contributed by atoms with Gasteiger partial charge in [-0.25, -0.2) is 0 Å². The summed E-state index contributed by atoms with van der Waals surface area (Å²) in [7, 11) is 0.